The van der Waals surface area contributed by atoms with Crippen LogP contribution in [0.3, 0.4) is 0 Å². The third-order valence-corrected chi connectivity index (χ3v) is 4.24. The lowest BCUT2D eigenvalue weighted by Gasteiger charge is -2.44. The highest BCUT2D eigenvalue weighted by atomic mass is 15.2. The SMILES string of the molecule is CCCCCCC(C)(CCC)N1CCNCC1. The zero-order valence-electron chi connectivity index (χ0n) is 12.2. The molecular formula is C15H32N2. The summed E-state index contributed by atoms with van der Waals surface area (Å²) in [5.41, 5.74) is 0.463. The number of nitrogens with zero attached hydrogens (tertiary/aromatic N) is 1. The average Bonchev–Trinajstić information content (AvgIpc) is 2.36. The Morgan fingerprint density at radius 2 is 1.65 bits per heavy atom. The number of hydrogen-bond acceptors (Lipinski definition) is 2. The second-order valence-corrected chi connectivity index (χ2v) is 5.79. The molecule has 1 fully saturated rings. The van der Waals surface area contributed by atoms with Gasteiger partial charge in [-0.15, -0.1) is 0 Å². The van der Waals surface area contributed by atoms with Crippen LogP contribution in [0, 0.1) is 0 Å². The van der Waals surface area contributed by atoms with Crippen molar-refractivity contribution in [1.82, 2.24) is 10.2 Å². The summed E-state index contributed by atoms with van der Waals surface area (Å²) in [6.07, 6.45) is 9.65. The van der Waals surface area contributed by atoms with Gasteiger partial charge in [-0.05, 0) is 19.8 Å². The van der Waals surface area contributed by atoms with E-state index in [0.29, 0.717) is 5.54 Å². The van der Waals surface area contributed by atoms with E-state index < -0.39 is 0 Å². The maximum Gasteiger partial charge on any atom is 0.0182 e. The Morgan fingerprint density at radius 3 is 2.24 bits per heavy atom. The molecule has 102 valence electrons. The predicted octanol–water partition coefficient (Wildman–Crippen LogP) is 3.42. The molecule has 2 nitrogen and oxygen atoms in total. The van der Waals surface area contributed by atoms with Gasteiger partial charge in [-0.25, -0.2) is 0 Å². The molecule has 1 heterocycles. The lowest BCUT2D eigenvalue weighted by molar-refractivity contribution is 0.0690. The Balaban J connectivity index is 2.41. The molecule has 1 aliphatic rings. The van der Waals surface area contributed by atoms with Crippen LogP contribution in [0.1, 0.15) is 65.7 Å². The van der Waals surface area contributed by atoms with E-state index in [1.807, 2.05) is 0 Å². The normalized spacial score (nSPS) is 21.4. The molecule has 0 aliphatic carbocycles. The Bertz CT molecular complexity index is 187. The van der Waals surface area contributed by atoms with E-state index in [1.54, 1.807) is 0 Å². The standard InChI is InChI=1S/C15H32N2/c1-4-6-7-8-10-15(3,9-5-2)17-13-11-16-12-14-17/h16H,4-14H2,1-3H3. The number of rotatable bonds is 8. The lowest BCUT2D eigenvalue weighted by Crippen LogP contribution is -2.54. The molecule has 1 saturated heterocycles. The van der Waals surface area contributed by atoms with Crippen LogP contribution in [0.25, 0.3) is 0 Å². The molecule has 1 rings (SSSR count). The average molecular weight is 240 g/mol. The molecule has 1 unspecified atom stereocenters. The van der Waals surface area contributed by atoms with Gasteiger partial charge in [0.2, 0.25) is 0 Å². The molecule has 1 N–H and O–H groups in total. The molecule has 17 heavy (non-hydrogen) atoms. The van der Waals surface area contributed by atoms with Crippen molar-refractivity contribution in [1.29, 1.82) is 0 Å². The van der Waals surface area contributed by atoms with E-state index in [2.05, 4.69) is 31.0 Å². The van der Waals surface area contributed by atoms with Crippen LogP contribution in [0.4, 0.5) is 0 Å². The molecule has 1 aliphatic heterocycles. The molecule has 0 aromatic carbocycles. The number of nitrogens with one attached hydrogen (secondary N) is 1. The highest BCUT2D eigenvalue weighted by Crippen LogP contribution is 2.28. The summed E-state index contributed by atoms with van der Waals surface area (Å²) < 4.78 is 0. The third kappa shape index (κ3) is 4.97. The minimum Gasteiger partial charge on any atom is -0.314 e. The minimum atomic E-state index is 0.463. The van der Waals surface area contributed by atoms with Gasteiger partial charge in [0.15, 0.2) is 0 Å². The van der Waals surface area contributed by atoms with Gasteiger partial charge in [0.25, 0.3) is 0 Å². The summed E-state index contributed by atoms with van der Waals surface area (Å²) in [4.78, 5) is 2.74. The third-order valence-electron chi connectivity index (χ3n) is 4.24. The second-order valence-electron chi connectivity index (χ2n) is 5.79. The first-order chi connectivity index (χ1) is 8.23. The van der Waals surface area contributed by atoms with Gasteiger partial charge < -0.3 is 5.32 Å². The fourth-order valence-corrected chi connectivity index (χ4v) is 3.12. The molecule has 0 aromatic rings. The topological polar surface area (TPSA) is 15.3 Å². The molecule has 0 bridgehead atoms. The first-order valence-electron chi connectivity index (χ1n) is 7.68. The second kappa shape index (κ2) is 8.10. The maximum atomic E-state index is 3.46. The fourth-order valence-electron chi connectivity index (χ4n) is 3.12. The van der Waals surface area contributed by atoms with Gasteiger partial charge in [-0.1, -0.05) is 46.0 Å². The number of hydrogen-bond donors (Lipinski definition) is 1. The van der Waals surface area contributed by atoms with Crippen LogP contribution in [0.2, 0.25) is 0 Å². The van der Waals surface area contributed by atoms with E-state index >= 15 is 0 Å². The van der Waals surface area contributed by atoms with Crippen LogP contribution >= 0.6 is 0 Å². The van der Waals surface area contributed by atoms with Gasteiger partial charge in [0.05, 0.1) is 0 Å². The van der Waals surface area contributed by atoms with Crippen molar-refractivity contribution >= 4 is 0 Å². The summed E-state index contributed by atoms with van der Waals surface area (Å²) in [5, 5.41) is 3.46. The van der Waals surface area contributed by atoms with Gasteiger partial charge >= 0.3 is 0 Å². The Morgan fingerprint density at radius 1 is 0.941 bits per heavy atom. The summed E-state index contributed by atoms with van der Waals surface area (Å²) >= 11 is 0. The van der Waals surface area contributed by atoms with Gasteiger partial charge in [-0.2, -0.15) is 0 Å². The molecule has 0 saturated carbocycles. The van der Waals surface area contributed by atoms with Crippen molar-refractivity contribution in [3.05, 3.63) is 0 Å². The van der Waals surface area contributed by atoms with Crippen molar-refractivity contribution in [3.63, 3.8) is 0 Å². The largest absolute Gasteiger partial charge is 0.314 e. The van der Waals surface area contributed by atoms with Crippen LogP contribution in [-0.4, -0.2) is 36.6 Å². The first-order valence-corrected chi connectivity index (χ1v) is 7.68. The van der Waals surface area contributed by atoms with Crippen molar-refractivity contribution in [3.8, 4) is 0 Å². The van der Waals surface area contributed by atoms with E-state index in [-0.39, 0.29) is 0 Å². The Kier molecular flexibility index (Phi) is 7.14. The zero-order valence-corrected chi connectivity index (χ0v) is 12.2. The maximum absolute atomic E-state index is 3.46. The van der Waals surface area contributed by atoms with Gasteiger partial charge in [0, 0.05) is 31.7 Å². The molecule has 0 spiro atoms. The smallest absolute Gasteiger partial charge is 0.0182 e. The highest BCUT2D eigenvalue weighted by Gasteiger charge is 2.30. The molecule has 1 atom stereocenters. The quantitative estimate of drug-likeness (QED) is 0.654. The fraction of sp³-hybridized carbons (Fsp3) is 1.00. The monoisotopic (exact) mass is 240 g/mol. The van der Waals surface area contributed by atoms with Crippen LogP contribution < -0.4 is 5.32 Å². The van der Waals surface area contributed by atoms with E-state index in [9.17, 15) is 0 Å². The summed E-state index contributed by atoms with van der Waals surface area (Å²) in [5.74, 6) is 0. The molecular weight excluding hydrogens is 208 g/mol. The summed E-state index contributed by atoms with van der Waals surface area (Å²) in [7, 11) is 0. The van der Waals surface area contributed by atoms with Crippen LogP contribution in [0.5, 0.6) is 0 Å². The van der Waals surface area contributed by atoms with Crippen molar-refractivity contribution in [2.75, 3.05) is 26.2 Å². The molecule has 0 radical (unpaired) electrons. The van der Waals surface area contributed by atoms with Crippen molar-refractivity contribution in [2.24, 2.45) is 0 Å². The van der Waals surface area contributed by atoms with Crippen molar-refractivity contribution in [2.45, 2.75) is 71.3 Å². The molecule has 0 amide bonds. The van der Waals surface area contributed by atoms with Crippen molar-refractivity contribution < 1.29 is 0 Å². The highest BCUT2D eigenvalue weighted by molar-refractivity contribution is 4.88. The van der Waals surface area contributed by atoms with Gasteiger partial charge in [0.1, 0.15) is 0 Å². The molecule has 0 aromatic heterocycles. The predicted molar refractivity (Wildman–Crippen MR) is 76.5 cm³/mol. The Hall–Kier alpha value is -0.0800. The molecule has 2 heteroatoms. The lowest BCUT2D eigenvalue weighted by atomic mass is 9.87. The van der Waals surface area contributed by atoms with E-state index in [1.165, 1.54) is 71.1 Å². The minimum absolute atomic E-state index is 0.463. The number of unbranched alkanes of at least 4 members (excludes halogenated alkanes) is 3. The Labute approximate surface area is 108 Å². The van der Waals surface area contributed by atoms with Crippen LogP contribution in [0.15, 0.2) is 0 Å². The zero-order chi connectivity index (χ0) is 12.6. The summed E-state index contributed by atoms with van der Waals surface area (Å²) in [6.45, 7) is 11.9. The van der Waals surface area contributed by atoms with E-state index in [4.69, 9.17) is 0 Å². The first kappa shape index (κ1) is 15.0. The van der Waals surface area contributed by atoms with E-state index in [0.717, 1.165) is 0 Å². The van der Waals surface area contributed by atoms with Gasteiger partial charge in [-0.3, -0.25) is 4.90 Å². The van der Waals surface area contributed by atoms with Crippen LogP contribution in [-0.2, 0) is 0 Å². The number of piperazine rings is 1. The summed E-state index contributed by atoms with van der Waals surface area (Å²) in [6, 6.07) is 0.